The summed E-state index contributed by atoms with van der Waals surface area (Å²) in [7, 11) is 0. The van der Waals surface area contributed by atoms with Crippen molar-refractivity contribution in [2.24, 2.45) is 5.84 Å². The average Bonchev–Trinajstić information content (AvgIpc) is 3.26. The molecule has 0 aliphatic heterocycles. The van der Waals surface area contributed by atoms with Crippen LogP contribution in [0.4, 0.5) is 0 Å². The second-order valence-corrected chi connectivity index (χ2v) is 5.17. The van der Waals surface area contributed by atoms with Gasteiger partial charge in [0, 0.05) is 23.5 Å². The highest BCUT2D eigenvalue weighted by Crippen LogP contribution is 2.32. The third-order valence-electron chi connectivity index (χ3n) is 3.87. The first-order valence-corrected chi connectivity index (χ1v) is 7.00. The molecule has 1 fully saturated rings. The van der Waals surface area contributed by atoms with E-state index in [9.17, 15) is 4.79 Å². The maximum atomic E-state index is 11.9. The van der Waals surface area contributed by atoms with E-state index in [4.69, 9.17) is 10.3 Å². The Morgan fingerprint density at radius 3 is 2.85 bits per heavy atom. The summed E-state index contributed by atoms with van der Waals surface area (Å²) in [5, 5.41) is 0.991. The lowest BCUT2D eigenvalue weighted by molar-refractivity contribution is 0.0925. The Kier molecular flexibility index (Phi) is 3.46. The highest BCUT2D eigenvalue weighted by atomic mass is 16.3. The fourth-order valence-corrected chi connectivity index (χ4v) is 2.65. The number of benzene rings is 1. The zero-order valence-corrected chi connectivity index (χ0v) is 11.6. The monoisotopic (exact) mass is 273 g/mol. The fraction of sp³-hybridized carbons (Fsp3) is 0.400. The standard InChI is InChI=1S/C15H19N3O2/c1-2-18(10-7-8-10)9-12-11-5-3-4-6-13(11)20-14(12)15(19)17-16/h3-6,10H,2,7-9,16H2,1H3,(H,17,19). The lowest BCUT2D eigenvalue weighted by Gasteiger charge is -2.19. The van der Waals surface area contributed by atoms with E-state index in [0.29, 0.717) is 11.8 Å². The van der Waals surface area contributed by atoms with Crippen molar-refractivity contribution in [3.05, 3.63) is 35.6 Å². The van der Waals surface area contributed by atoms with E-state index in [1.165, 1.54) is 12.8 Å². The van der Waals surface area contributed by atoms with Crippen LogP contribution in [0.15, 0.2) is 28.7 Å². The Hall–Kier alpha value is -1.85. The lowest BCUT2D eigenvalue weighted by Crippen LogP contribution is -2.31. The van der Waals surface area contributed by atoms with Gasteiger partial charge in [-0.05, 0) is 25.5 Å². The molecule has 0 radical (unpaired) electrons. The first kappa shape index (κ1) is 13.1. The molecule has 0 unspecified atom stereocenters. The lowest BCUT2D eigenvalue weighted by atomic mass is 10.1. The van der Waals surface area contributed by atoms with Gasteiger partial charge in [-0.2, -0.15) is 0 Å². The van der Waals surface area contributed by atoms with Crippen molar-refractivity contribution in [2.75, 3.05) is 6.54 Å². The summed E-state index contributed by atoms with van der Waals surface area (Å²) < 4.78 is 5.68. The smallest absolute Gasteiger partial charge is 0.301 e. The van der Waals surface area contributed by atoms with Crippen molar-refractivity contribution in [1.29, 1.82) is 0 Å². The fourth-order valence-electron chi connectivity index (χ4n) is 2.65. The van der Waals surface area contributed by atoms with Crippen LogP contribution in [-0.2, 0) is 6.54 Å². The summed E-state index contributed by atoms with van der Waals surface area (Å²) in [6.07, 6.45) is 2.48. The topological polar surface area (TPSA) is 71.5 Å². The first-order valence-electron chi connectivity index (χ1n) is 7.00. The number of rotatable bonds is 5. The van der Waals surface area contributed by atoms with E-state index in [1.54, 1.807) is 0 Å². The van der Waals surface area contributed by atoms with Gasteiger partial charge in [-0.15, -0.1) is 0 Å². The number of nitrogens with one attached hydrogen (secondary N) is 1. The number of nitrogens with two attached hydrogens (primary N) is 1. The molecule has 0 atom stereocenters. The molecule has 1 aliphatic carbocycles. The van der Waals surface area contributed by atoms with Crippen LogP contribution in [0.5, 0.6) is 0 Å². The van der Waals surface area contributed by atoms with Gasteiger partial charge in [-0.1, -0.05) is 25.1 Å². The molecule has 106 valence electrons. The number of carbonyl (C=O) groups is 1. The minimum atomic E-state index is -0.372. The van der Waals surface area contributed by atoms with E-state index in [0.717, 1.165) is 29.6 Å². The first-order chi connectivity index (χ1) is 9.74. The Morgan fingerprint density at radius 1 is 1.45 bits per heavy atom. The highest BCUT2D eigenvalue weighted by molar-refractivity contribution is 5.98. The maximum absolute atomic E-state index is 11.9. The van der Waals surface area contributed by atoms with Crippen molar-refractivity contribution in [3.8, 4) is 0 Å². The molecule has 1 heterocycles. The molecule has 1 aromatic carbocycles. The van der Waals surface area contributed by atoms with Crippen molar-refractivity contribution in [1.82, 2.24) is 10.3 Å². The summed E-state index contributed by atoms with van der Waals surface area (Å²) in [6.45, 7) is 3.83. The number of para-hydroxylation sites is 1. The number of carbonyl (C=O) groups excluding carboxylic acids is 1. The minimum absolute atomic E-state index is 0.327. The third kappa shape index (κ3) is 2.30. The maximum Gasteiger partial charge on any atom is 0.301 e. The van der Waals surface area contributed by atoms with Crippen LogP contribution >= 0.6 is 0 Å². The van der Waals surface area contributed by atoms with Crippen LogP contribution < -0.4 is 11.3 Å². The molecule has 1 saturated carbocycles. The van der Waals surface area contributed by atoms with Gasteiger partial charge in [0.1, 0.15) is 5.58 Å². The quantitative estimate of drug-likeness (QED) is 0.496. The van der Waals surface area contributed by atoms with E-state index in [2.05, 4.69) is 17.2 Å². The van der Waals surface area contributed by atoms with Gasteiger partial charge in [0.25, 0.3) is 0 Å². The van der Waals surface area contributed by atoms with Crippen molar-refractivity contribution >= 4 is 16.9 Å². The molecule has 3 rings (SSSR count). The molecule has 1 aliphatic rings. The molecule has 20 heavy (non-hydrogen) atoms. The summed E-state index contributed by atoms with van der Waals surface area (Å²) in [4.78, 5) is 14.3. The number of amides is 1. The van der Waals surface area contributed by atoms with Crippen LogP contribution in [0.2, 0.25) is 0 Å². The van der Waals surface area contributed by atoms with Gasteiger partial charge in [-0.3, -0.25) is 15.1 Å². The average molecular weight is 273 g/mol. The Bertz CT molecular complexity index is 631. The van der Waals surface area contributed by atoms with Gasteiger partial charge in [0.15, 0.2) is 5.76 Å². The normalized spacial score (nSPS) is 14.9. The van der Waals surface area contributed by atoms with Crippen LogP contribution in [-0.4, -0.2) is 23.4 Å². The zero-order valence-electron chi connectivity index (χ0n) is 11.6. The summed E-state index contributed by atoms with van der Waals surface area (Å²) in [6, 6.07) is 8.36. The summed E-state index contributed by atoms with van der Waals surface area (Å²) >= 11 is 0. The van der Waals surface area contributed by atoms with Crippen LogP contribution in [0, 0.1) is 0 Å². The van der Waals surface area contributed by atoms with Crippen LogP contribution in [0.3, 0.4) is 0 Å². The number of hydrazine groups is 1. The van der Waals surface area contributed by atoms with E-state index >= 15 is 0 Å². The SMILES string of the molecule is CCN(Cc1c(C(=O)NN)oc2ccccc12)C1CC1. The Morgan fingerprint density at radius 2 is 2.20 bits per heavy atom. The predicted molar refractivity (Wildman–Crippen MR) is 77.0 cm³/mol. The number of hydrogen-bond donors (Lipinski definition) is 2. The van der Waals surface area contributed by atoms with Crippen molar-refractivity contribution in [2.45, 2.75) is 32.4 Å². The second kappa shape index (κ2) is 5.26. The molecule has 1 aromatic heterocycles. The molecule has 1 amide bonds. The number of hydrogen-bond acceptors (Lipinski definition) is 4. The van der Waals surface area contributed by atoms with Crippen LogP contribution in [0.25, 0.3) is 11.0 Å². The van der Waals surface area contributed by atoms with Crippen molar-refractivity contribution in [3.63, 3.8) is 0 Å². The number of fused-ring (bicyclic) bond motifs is 1. The molecule has 3 N–H and O–H groups in total. The van der Waals surface area contributed by atoms with Gasteiger partial charge in [-0.25, -0.2) is 5.84 Å². The molecule has 5 nitrogen and oxygen atoms in total. The summed E-state index contributed by atoms with van der Waals surface area (Å²) in [5.41, 5.74) is 3.83. The third-order valence-corrected chi connectivity index (χ3v) is 3.87. The van der Waals surface area contributed by atoms with Gasteiger partial charge < -0.3 is 4.42 Å². The number of furan rings is 1. The van der Waals surface area contributed by atoms with Gasteiger partial charge in [0.05, 0.1) is 0 Å². The van der Waals surface area contributed by atoms with Crippen molar-refractivity contribution < 1.29 is 9.21 Å². The molecule has 0 bridgehead atoms. The number of nitrogens with zero attached hydrogens (tertiary/aromatic N) is 1. The minimum Gasteiger partial charge on any atom is -0.451 e. The molecule has 0 saturated heterocycles. The summed E-state index contributed by atoms with van der Waals surface area (Å²) in [5.74, 6) is 5.21. The van der Waals surface area contributed by atoms with E-state index in [1.807, 2.05) is 24.3 Å². The number of nitrogen functional groups attached to an aromatic ring is 1. The predicted octanol–water partition coefficient (Wildman–Crippen LogP) is 2.02. The van der Waals surface area contributed by atoms with Gasteiger partial charge >= 0.3 is 5.91 Å². The van der Waals surface area contributed by atoms with Crippen LogP contribution in [0.1, 0.15) is 35.9 Å². The van der Waals surface area contributed by atoms with E-state index < -0.39 is 0 Å². The van der Waals surface area contributed by atoms with Gasteiger partial charge in [0.2, 0.25) is 0 Å². The molecular formula is C15H19N3O2. The Labute approximate surface area is 117 Å². The molecule has 0 spiro atoms. The molecule has 2 aromatic rings. The zero-order chi connectivity index (χ0) is 14.1. The Balaban J connectivity index is 2.03. The second-order valence-electron chi connectivity index (χ2n) is 5.17. The molecule has 5 heteroatoms. The highest BCUT2D eigenvalue weighted by Gasteiger charge is 2.30. The van der Waals surface area contributed by atoms with E-state index in [-0.39, 0.29) is 5.91 Å². The largest absolute Gasteiger partial charge is 0.451 e. The molecular weight excluding hydrogens is 254 g/mol.